The van der Waals surface area contributed by atoms with Crippen LogP contribution >= 0.6 is 0 Å². The van der Waals surface area contributed by atoms with Gasteiger partial charge >= 0.3 is 5.97 Å². The number of rotatable bonds is 18. The number of hydrogen-bond donors (Lipinski definition) is 19. The molecule has 68 heavy (non-hydrogen) atoms. The van der Waals surface area contributed by atoms with Crippen molar-refractivity contribution in [3.05, 3.63) is 0 Å². The Hall–Kier alpha value is -2.59. The van der Waals surface area contributed by atoms with E-state index >= 15 is 0 Å². The normalized spacial score (nSPS) is 46.6. The number of hydrogen-bond acceptors (Lipinski definition) is 28. The van der Waals surface area contributed by atoms with E-state index in [2.05, 4.69) is 10.6 Å². The Balaban J connectivity index is 1.53. The Labute approximate surface area is 384 Å². The summed E-state index contributed by atoms with van der Waals surface area (Å²) >= 11 is 0. The number of aliphatic carboxylic acids is 1. The molecular weight excluding hydrogens is 936 g/mol. The van der Waals surface area contributed by atoms with E-state index in [1.807, 2.05) is 0 Å². The van der Waals surface area contributed by atoms with E-state index in [0.717, 1.165) is 13.8 Å². The Morgan fingerprint density at radius 2 is 1.10 bits per heavy atom. The maximum atomic E-state index is 13.0. The van der Waals surface area contributed by atoms with E-state index in [0.29, 0.717) is 0 Å². The first-order valence-corrected chi connectivity index (χ1v) is 21.2. The Kier molecular flexibility index (Phi) is 19.7. The minimum absolute atomic E-state index is 0.808. The number of ether oxygens (including phenoxy) is 9. The number of aliphatic hydroxyl groups excluding tert-OH is 16. The molecular formula is C37H62N2O29. The first kappa shape index (κ1) is 56.3. The molecule has 5 fully saturated rings. The van der Waals surface area contributed by atoms with Gasteiger partial charge in [0.15, 0.2) is 25.2 Å². The van der Waals surface area contributed by atoms with Crippen LogP contribution in [-0.2, 0) is 57.0 Å². The van der Waals surface area contributed by atoms with Crippen LogP contribution in [0.1, 0.15) is 20.3 Å². The van der Waals surface area contributed by atoms with E-state index < -0.39 is 216 Å². The number of amides is 2. The third-order valence-electron chi connectivity index (χ3n) is 12.1. The van der Waals surface area contributed by atoms with Gasteiger partial charge in [-0.05, 0) is 0 Å². The number of carbonyl (C=O) groups is 3. The van der Waals surface area contributed by atoms with Crippen molar-refractivity contribution >= 4 is 17.8 Å². The zero-order chi connectivity index (χ0) is 50.7. The van der Waals surface area contributed by atoms with Crippen LogP contribution < -0.4 is 10.6 Å². The molecule has 0 unspecified atom stereocenters. The largest absolute Gasteiger partial charge is 0.477 e. The topological polar surface area (TPSA) is 502 Å². The zero-order valence-corrected chi connectivity index (χ0v) is 36.2. The lowest BCUT2D eigenvalue weighted by molar-refractivity contribution is -0.382. The van der Waals surface area contributed by atoms with Gasteiger partial charge in [0, 0.05) is 20.3 Å². The molecule has 31 heteroatoms. The maximum Gasteiger partial charge on any atom is 0.364 e. The summed E-state index contributed by atoms with van der Waals surface area (Å²) in [6.07, 6.45) is -47.3. The molecule has 394 valence electrons. The van der Waals surface area contributed by atoms with Crippen molar-refractivity contribution in [2.45, 2.75) is 179 Å². The average Bonchev–Trinajstić information content (AvgIpc) is 3.29. The Morgan fingerprint density at radius 1 is 0.588 bits per heavy atom. The molecule has 0 bridgehead atoms. The summed E-state index contributed by atoms with van der Waals surface area (Å²) in [5.41, 5.74) is 0. The van der Waals surface area contributed by atoms with Crippen LogP contribution in [0.25, 0.3) is 0 Å². The van der Waals surface area contributed by atoms with Crippen molar-refractivity contribution in [3.63, 3.8) is 0 Å². The van der Waals surface area contributed by atoms with Gasteiger partial charge in [0.2, 0.25) is 11.8 Å². The highest BCUT2D eigenvalue weighted by Gasteiger charge is 2.59. The van der Waals surface area contributed by atoms with E-state index in [9.17, 15) is 101 Å². The van der Waals surface area contributed by atoms with Gasteiger partial charge in [-0.3, -0.25) is 9.59 Å². The molecule has 0 aliphatic carbocycles. The number of carbonyl (C=O) groups excluding carboxylic acids is 2. The lowest BCUT2D eigenvalue weighted by atomic mass is 9.88. The molecule has 19 N–H and O–H groups in total. The van der Waals surface area contributed by atoms with Gasteiger partial charge in [0.1, 0.15) is 116 Å². The maximum absolute atomic E-state index is 13.0. The highest BCUT2D eigenvalue weighted by molar-refractivity contribution is 5.76. The molecule has 0 radical (unpaired) electrons. The fourth-order valence-corrected chi connectivity index (χ4v) is 8.42. The fourth-order valence-electron chi connectivity index (χ4n) is 8.42. The highest BCUT2D eigenvalue weighted by atomic mass is 16.8. The van der Waals surface area contributed by atoms with Crippen LogP contribution in [0.4, 0.5) is 0 Å². The van der Waals surface area contributed by atoms with Gasteiger partial charge in [-0.2, -0.15) is 0 Å². The third kappa shape index (κ3) is 12.0. The Morgan fingerprint density at radius 3 is 1.66 bits per heavy atom. The summed E-state index contributed by atoms with van der Waals surface area (Å²) < 4.78 is 50.9. The van der Waals surface area contributed by atoms with Crippen molar-refractivity contribution in [1.29, 1.82) is 0 Å². The second kappa shape index (κ2) is 23.8. The van der Waals surface area contributed by atoms with Crippen molar-refractivity contribution in [2.75, 3.05) is 33.0 Å². The molecule has 5 rings (SSSR count). The summed E-state index contributed by atoms with van der Waals surface area (Å²) in [6.45, 7) is -3.31. The fraction of sp³-hybridized carbons (Fsp3) is 0.919. The molecule has 5 aliphatic heterocycles. The molecule has 5 heterocycles. The SMILES string of the molecule is CC(=O)N[C@H]1[C@H](O[C@H]2[C@@H](O)[C@@H](CO)O[C@@H](O[C@H]3[C@H](O)[C@@H](O)[C@H](O)O[C@@H]3CO)[C@@H]2O)O[C@H](CO[C@@]2(C(=O)O)C[C@H](O)[C@@H](NC(C)=O)[C@H]([C@H](O)[C@H](O)CO)O2)[C@@H](O)[C@@H]1O[C@@H]1O[C@H](CO)[C@H](O)[C@H](O)[C@H]1O. The third-order valence-corrected chi connectivity index (χ3v) is 12.1. The molecule has 31 nitrogen and oxygen atoms in total. The molecule has 5 saturated heterocycles. The summed E-state index contributed by atoms with van der Waals surface area (Å²) in [4.78, 5) is 37.8. The first-order chi connectivity index (χ1) is 31.9. The molecule has 0 aromatic heterocycles. The number of carboxylic acids is 1. The quantitative estimate of drug-likeness (QED) is 0.0606. The van der Waals surface area contributed by atoms with Crippen LogP contribution in [0.5, 0.6) is 0 Å². The molecule has 5 aliphatic rings. The van der Waals surface area contributed by atoms with Gasteiger partial charge in [-0.1, -0.05) is 0 Å². The summed E-state index contributed by atoms with van der Waals surface area (Å²) in [6, 6.07) is -3.53. The van der Waals surface area contributed by atoms with Gasteiger partial charge in [0.25, 0.3) is 5.79 Å². The second-order valence-electron chi connectivity index (χ2n) is 16.9. The lowest BCUT2D eigenvalue weighted by Gasteiger charge is -2.50. The van der Waals surface area contributed by atoms with Gasteiger partial charge < -0.3 is 140 Å². The smallest absolute Gasteiger partial charge is 0.364 e. The monoisotopic (exact) mass is 998 g/mol. The number of nitrogens with one attached hydrogen (secondary N) is 2. The van der Waals surface area contributed by atoms with Crippen molar-refractivity contribution < 1.29 is 144 Å². The summed E-state index contributed by atoms with van der Waals surface area (Å²) in [7, 11) is 0. The van der Waals surface area contributed by atoms with Crippen LogP contribution in [0.2, 0.25) is 0 Å². The summed E-state index contributed by atoms with van der Waals surface area (Å²) in [5.74, 6) is -6.81. The van der Waals surface area contributed by atoms with Crippen LogP contribution in [0, 0.1) is 0 Å². The second-order valence-corrected chi connectivity index (χ2v) is 16.9. The van der Waals surface area contributed by atoms with Gasteiger partial charge in [-0.25, -0.2) is 4.79 Å². The van der Waals surface area contributed by atoms with Gasteiger partial charge in [-0.15, -0.1) is 0 Å². The minimum atomic E-state index is -3.06. The van der Waals surface area contributed by atoms with E-state index in [4.69, 9.17) is 42.6 Å². The standard InChI is InChI=1S/C37H62N2O29/c1-9(44)38-17-11(46)3-37(36(58)59,68-30(17)19(48)12(47)4-40)60-8-16-22(51)29(66-34-26(55)23(52)20(49)13(5-41)62-34)18(39-10(2)45)33(64-16)67-31-21(50)14(6-42)63-35(27(31)56)65-28-15(7-43)61-32(57)25(54)24(28)53/h11-35,40-43,46-57H,3-8H2,1-2H3,(H,38,44)(H,39,45)(H,58,59)/t11-,12+,13+,14+,15+,16+,17+,18+,19+,20-,21-,22+,23-,24+,25+,26+,27+,28+,29+,30+,31-,32+,33-,34-,35-,37-/m0/s1. The van der Waals surface area contributed by atoms with Crippen molar-refractivity contribution in [3.8, 4) is 0 Å². The summed E-state index contributed by atoms with van der Waals surface area (Å²) in [5, 5.41) is 184. The van der Waals surface area contributed by atoms with Crippen molar-refractivity contribution in [1.82, 2.24) is 10.6 Å². The molecule has 2 amide bonds. The highest BCUT2D eigenvalue weighted by Crippen LogP contribution is 2.38. The minimum Gasteiger partial charge on any atom is -0.477 e. The van der Waals surface area contributed by atoms with E-state index in [1.165, 1.54) is 0 Å². The average molecular weight is 999 g/mol. The first-order valence-electron chi connectivity index (χ1n) is 21.2. The van der Waals surface area contributed by atoms with E-state index in [-0.39, 0.29) is 0 Å². The van der Waals surface area contributed by atoms with E-state index in [1.54, 1.807) is 0 Å². The Bertz CT molecular complexity index is 1650. The number of aliphatic hydroxyl groups is 16. The lowest BCUT2D eigenvalue weighted by Crippen LogP contribution is -2.71. The molecule has 26 atom stereocenters. The zero-order valence-electron chi connectivity index (χ0n) is 36.2. The van der Waals surface area contributed by atoms with Gasteiger partial charge in [0.05, 0.1) is 45.2 Å². The van der Waals surface area contributed by atoms with Crippen LogP contribution in [0.15, 0.2) is 0 Å². The molecule has 0 aromatic rings. The van der Waals surface area contributed by atoms with Crippen molar-refractivity contribution in [2.24, 2.45) is 0 Å². The van der Waals surface area contributed by atoms with Crippen LogP contribution in [-0.4, -0.2) is 297 Å². The predicted molar refractivity (Wildman–Crippen MR) is 207 cm³/mol. The van der Waals surface area contributed by atoms with Crippen LogP contribution in [0.3, 0.4) is 0 Å². The molecule has 0 saturated carbocycles. The molecule has 0 aromatic carbocycles. The number of carboxylic acid groups (broad SMARTS) is 1. The predicted octanol–water partition coefficient (Wildman–Crippen LogP) is -12.4. The molecule has 0 spiro atoms.